The van der Waals surface area contributed by atoms with Crippen molar-refractivity contribution in [3.63, 3.8) is 0 Å². The Hall–Kier alpha value is -3.80. The van der Waals surface area contributed by atoms with E-state index in [0.717, 1.165) is 15.8 Å². The van der Waals surface area contributed by atoms with Gasteiger partial charge >= 0.3 is 5.97 Å². The van der Waals surface area contributed by atoms with Crippen molar-refractivity contribution in [3.8, 4) is 0 Å². The Labute approximate surface area is 161 Å². The molecule has 0 amide bonds. The van der Waals surface area contributed by atoms with E-state index in [-0.39, 0.29) is 12.1 Å². The second kappa shape index (κ2) is 7.84. The molecule has 6 nitrogen and oxygen atoms in total. The molecule has 0 spiro atoms. The lowest BCUT2D eigenvalue weighted by Gasteiger charge is -2.19. The van der Waals surface area contributed by atoms with Gasteiger partial charge in [0, 0.05) is 0 Å². The quantitative estimate of drug-likeness (QED) is 0.504. The Bertz CT molecular complexity index is 1120. The molecule has 0 N–H and O–H groups in total. The second-order valence-electron chi connectivity index (χ2n) is 6.26. The fraction of sp³-hybridized carbons (Fsp3) is 0.0909. The first-order chi connectivity index (χ1) is 13.7. The van der Waals surface area contributed by atoms with Crippen molar-refractivity contribution < 1.29 is 9.53 Å². The lowest BCUT2D eigenvalue weighted by Crippen LogP contribution is -2.29. The van der Waals surface area contributed by atoms with Gasteiger partial charge < -0.3 is 4.74 Å². The number of carbonyl (C=O) groups is 1. The third-order valence-corrected chi connectivity index (χ3v) is 4.36. The Morgan fingerprint density at radius 2 is 1.43 bits per heavy atom. The van der Waals surface area contributed by atoms with Gasteiger partial charge in [-0.1, -0.05) is 78.0 Å². The maximum absolute atomic E-state index is 12.6. The molecule has 0 radical (unpaired) electrons. The molecule has 138 valence electrons. The summed E-state index contributed by atoms with van der Waals surface area (Å²) in [7, 11) is 0. The van der Waals surface area contributed by atoms with E-state index in [2.05, 4.69) is 10.3 Å². The minimum atomic E-state index is -0.570. The first-order valence-electron chi connectivity index (χ1n) is 8.84. The molecule has 0 atom stereocenters. The van der Waals surface area contributed by atoms with E-state index in [1.54, 1.807) is 24.3 Å². The van der Waals surface area contributed by atoms with Crippen molar-refractivity contribution in [3.05, 3.63) is 106 Å². The number of esters is 1. The van der Waals surface area contributed by atoms with Crippen LogP contribution in [-0.4, -0.2) is 21.0 Å². The fourth-order valence-electron chi connectivity index (χ4n) is 3.00. The Morgan fingerprint density at radius 3 is 2.07 bits per heavy atom. The number of benzene rings is 3. The molecule has 0 unspecified atom stereocenters. The van der Waals surface area contributed by atoms with Crippen molar-refractivity contribution in [2.75, 3.05) is 0 Å². The van der Waals surface area contributed by atoms with Gasteiger partial charge in [-0.3, -0.25) is 9.59 Å². The molecule has 0 bridgehead atoms. The van der Waals surface area contributed by atoms with Gasteiger partial charge in [-0.25, -0.2) is 0 Å². The lowest BCUT2D eigenvalue weighted by atomic mass is 10.0. The van der Waals surface area contributed by atoms with Gasteiger partial charge in [-0.2, -0.15) is 4.68 Å². The van der Waals surface area contributed by atoms with Gasteiger partial charge in [-0.05, 0) is 23.3 Å². The molecule has 4 aromatic rings. The van der Waals surface area contributed by atoms with Crippen molar-refractivity contribution >= 4 is 16.9 Å². The highest BCUT2D eigenvalue weighted by molar-refractivity contribution is 5.77. The molecule has 0 fully saturated rings. The van der Waals surface area contributed by atoms with E-state index < -0.39 is 12.1 Å². The van der Waals surface area contributed by atoms with Gasteiger partial charge in [0.25, 0.3) is 5.56 Å². The fourth-order valence-corrected chi connectivity index (χ4v) is 3.00. The molecule has 0 saturated heterocycles. The van der Waals surface area contributed by atoms with Gasteiger partial charge in [0.15, 0.2) is 6.10 Å². The monoisotopic (exact) mass is 371 g/mol. The maximum atomic E-state index is 12.6. The topological polar surface area (TPSA) is 74.1 Å². The van der Waals surface area contributed by atoms with Crippen LogP contribution in [0.4, 0.5) is 0 Å². The predicted octanol–water partition coefficient (Wildman–Crippen LogP) is 3.12. The van der Waals surface area contributed by atoms with Crippen LogP contribution >= 0.6 is 0 Å². The van der Waals surface area contributed by atoms with Gasteiger partial charge in [0.2, 0.25) is 0 Å². The average Bonchev–Trinajstić information content (AvgIpc) is 2.75. The second-order valence-corrected chi connectivity index (χ2v) is 6.26. The Balaban J connectivity index is 1.60. The average molecular weight is 371 g/mol. The van der Waals surface area contributed by atoms with Crippen LogP contribution in [0.25, 0.3) is 10.9 Å². The number of nitrogens with zero attached hydrogens (tertiary/aromatic N) is 3. The van der Waals surface area contributed by atoms with Crippen LogP contribution in [0, 0.1) is 0 Å². The van der Waals surface area contributed by atoms with E-state index in [4.69, 9.17) is 4.74 Å². The number of fused-ring (bicyclic) bond motifs is 1. The summed E-state index contributed by atoms with van der Waals surface area (Å²) in [6.45, 7) is -0.313. The van der Waals surface area contributed by atoms with Gasteiger partial charge in [-0.15, -0.1) is 5.10 Å². The molecule has 6 heteroatoms. The largest absolute Gasteiger partial charge is 0.451 e. The predicted molar refractivity (Wildman–Crippen MR) is 105 cm³/mol. The molecule has 1 heterocycles. The Kier molecular flexibility index (Phi) is 4.93. The van der Waals surface area contributed by atoms with Gasteiger partial charge in [0.05, 0.1) is 5.39 Å². The third kappa shape index (κ3) is 3.66. The van der Waals surface area contributed by atoms with Crippen LogP contribution in [0.1, 0.15) is 17.2 Å². The van der Waals surface area contributed by atoms with E-state index >= 15 is 0 Å². The molecular formula is C22H17N3O3. The summed E-state index contributed by atoms with van der Waals surface area (Å²) in [5.74, 6) is -0.565. The van der Waals surface area contributed by atoms with Crippen LogP contribution in [0.3, 0.4) is 0 Å². The summed E-state index contributed by atoms with van der Waals surface area (Å²) in [6, 6.07) is 25.8. The van der Waals surface area contributed by atoms with Crippen LogP contribution in [0.5, 0.6) is 0 Å². The van der Waals surface area contributed by atoms with Crippen molar-refractivity contribution in [2.24, 2.45) is 0 Å². The normalized spacial score (nSPS) is 10.9. The number of hydrogen-bond acceptors (Lipinski definition) is 5. The molecule has 3 aromatic carbocycles. The van der Waals surface area contributed by atoms with E-state index in [0.29, 0.717) is 10.9 Å². The molecule has 0 aliphatic heterocycles. The highest BCUT2D eigenvalue weighted by Crippen LogP contribution is 2.26. The first kappa shape index (κ1) is 17.6. The van der Waals surface area contributed by atoms with Crippen molar-refractivity contribution in [1.29, 1.82) is 0 Å². The molecule has 0 saturated carbocycles. The van der Waals surface area contributed by atoms with Gasteiger partial charge in [0.1, 0.15) is 12.1 Å². The highest BCUT2D eigenvalue weighted by atomic mass is 16.5. The molecule has 4 rings (SSSR count). The highest BCUT2D eigenvalue weighted by Gasteiger charge is 2.20. The third-order valence-electron chi connectivity index (χ3n) is 4.36. The van der Waals surface area contributed by atoms with E-state index in [9.17, 15) is 9.59 Å². The molecule has 28 heavy (non-hydrogen) atoms. The summed E-state index contributed by atoms with van der Waals surface area (Å²) in [4.78, 5) is 25.2. The van der Waals surface area contributed by atoms with Crippen LogP contribution in [0.15, 0.2) is 89.7 Å². The summed E-state index contributed by atoms with van der Waals surface area (Å²) in [6.07, 6.45) is -0.570. The summed E-state index contributed by atoms with van der Waals surface area (Å²) in [5.41, 5.74) is 1.81. The minimum absolute atomic E-state index is 0.313. The zero-order chi connectivity index (χ0) is 19.3. The summed E-state index contributed by atoms with van der Waals surface area (Å²) < 4.78 is 6.75. The SMILES string of the molecule is O=C(Cn1nnc2ccccc2c1=O)OC(c1ccccc1)c1ccccc1. The zero-order valence-corrected chi connectivity index (χ0v) is 14.9. The van der Waals surface area contributed by atoms with Crippen molar-refractivity contribution in [2.45, 2.75) is 12.6 Å². The number of carbonyl (C=O) groups excluding carboxylic acids is 1. The molecular weight excluding hydrogens is 354 g/mol. The Morgan fingerprint density at radius 1 is 0.857 bits per heavy atom. The maximum Gasteiger partial charge on any atom is 0.328 e. The van der Waals surface area contributed by atoms with Crippen LogP contribution in [-0.2, 0) is 16.1 Å². The van der Waals surface area contributed by atoms with E-state index in [1.165, 1.54) is 0 Å². The zero-order valence-electron chi connectivity index (χ0n) is 14.9. The number of aromatic nitrogens is 3. The van der Waals surface area contributed by atoms with Crippen LogP contribution in [0.2, 0.25) is 0 Å². The number of ether oxygens (including phenoxy) is 1. The molecule has 0 aliphatic rings. The lowest BCUT2D eigenvalue weighted by molar-refractivity contribution is -0.148. The smallest absolute Gasteiger partial charge is 0.328 e. The first-order valence-corrected chi connectivity index (χ1v) is 8.84. The number of rotatable bonds is 5. The minimum Gasteiger partial charge on any atom is -0.451 e. The number of hydrogen-bond donors (Lipinski definition) is 0. The van der Waals surface area contributed by atoms with E-state index in [1.807, 2.05) is 60.7 Å². The van der Waals surface area contributed by atoms with Crippen molar-refractivity contribution in [1.82, 2.24) is 15.0 Å². The van der Waals surface area contributed by atoms with Crippen LogP contribution < -0.4 is 5.56 Å². The molecule has 1 aromatic heterocycles. The summed E-state index contributed by atoms with van der Waals surface area (Å²) in [5, 5.41) is 8.26. The standard InChI is InChI=1S/C22H17N3O3/c26-20(15-25-22(27)18-13-7-8-14-19(18)23-24-25)28-21(16-9-3-1-4-10-16)17-11-5-2-6-12-17/h1-14,21H,15H2. The summed E-state index contributed by atoms with van der Waals surface area (Å²) >= 11 is 0. The molecule has 0 aliphatic carbocycles.